The van der Waals surface area contributed by atoms with Gasteiger partial charge in [-0.1, -0.05) is 6.07 Å². The minimum absolute atomic E-state index is 0.159. The zero-order valence-electron chi connectivity index (χ0n) is 15.3. The summed E-state index contributed by atoms with van der Waals surface area (Å²) in [5, 5.41) is 2.85. The lowest BCUT2D eigenvalue weighted by Gasteiger charge is -2.11. The molecule has 0 aliphatic carbocycles. The van der Waals surface area contributed by atoms with Crippen molar-refractivity contribution in [2.75, 3.05) is 27.4 Å². The Morgan fingerprint density at radius 1 is 1.07 bits per heavy atom. The lowest BCUT2D eigenvalue weighted by atomic mass is 10.1. The summed E-state index contributed by atoms with van der Waals surface area (Å²) in [4.78, 5) is 12.4. The van der Waals surface area contributed by atoms with Crippen molar-refractivity contribution in [1.29, 1.82) is 0 Å². The van der Waals surface area contributed by atoms with Crippen LogP contribution in [0, 0.1) is 0 Å². The summed E-state index contributed by atoms with van der Waals surface area (Å²) in [6, 6.07) is 11.7. The highest BCUT2D eigenvalue weighted by molar-refractivity contribution is 7.89. The summed E-state index contributed by atoms with van der Waals surface area (Å²) in [5.41, 5.74) is 1.54. The molecule has 7 nitrogen and oxygen atoms in total. The van der Waals surface area contributed by atoms with Crippen LogP contribution >= 0.6 is 0 Å². The molecule has 1 aliphatic heterocycles. The number of aryl methyl sites for hydroxylation is 1. The van der Waals surface area contributed by atoms with Crippen LogP contribution in [0.25, 0.3) is 0 Å². The van der Waals surface area contributed by atoms with Gasteiger partial charge in [-0.3, -0.25) is 4.79 Å². The Kier molecular flexibility index (Phi) is 5.67. The zero-order valence-corrected chi connectivity index (χ0v) is 16.1. The summed E-state index contributed by atoms with van der Waals surface area (Å²) >= 11 is 0. The number of amides is 1. The maximum atomic E-state index is 12.2. The monoisotopic (exact) mass is 390 g/mol. The van der Waals surface area contributed by atoms with E-state index in [0.29, 0.717) is 12.1 Å². The number of carbonyl (C=O) groups excluding carboxylic acids is 1. The van der Waals surface area contributed by atoms with Crippen molar-refractivity contribution < 1.29 is 22.7 Å². The van der Waals surface area contributed by atoms with Crippen LogP contribution in [0.15, 0.2) is 47.4 Å². The minimum atomic E-state index is -3.49. The van der Waals surface area contributed by atoms with Gasteiger partial charge in [0.25, 0.3) is 5.91 Å². The largest absolute Gasteiger partial charge is 0.454 e. The van der Waals surface area contributed by atoms with Gasteiger partial charge in [0.2, 0.25) is 16.8 Å². The Morgan fingerprint density at radius 2 is 1.78 bits per heavy atom. The molecular formula is C19H22N2O5S. The molecule has 0 saturated heterocycles. The highest BCUT2D eigenvalue weighted by Gasteiger charge is 2.17. The third-order valence-electron chi connectivity index (χ3n) is 4.26. The number of fused-ring (bicyclic) bond motifs is 1. The molecule has 2 aromatic rings. The molecular weight excluding hydrogens is 368 g/mol. The standard InChI is InChI=1S/C19H22N2O5S/c1-21(2)27(23,24)16-8-6-15(7-9-16)19(22)20-11-3-4-14-5-10-17-18(12-14)26-13-25-17/h5-10,12H,3-4,11,13H2,1-2H3,(H,20,22). The van der Waals surface area contributed by atoms with Gasteiger partial charge in [-0.2, -0.15) is 0 Å². The van der Waals surface area contributed by atoms with Crippen molar-refractivity contribution in [3.63, 3.8) is 0 Å². The topological polar surface area (TPSA) is 84.9 Å². The molecule has 1 heterocycles. The molecule has 3 rings (SSSR count). The number of nitrogens with one attached hydrogen (secondary N) is 1. The molecule has 0 radical (unpaired) electrons. The van der Waals surface area contributed by atoms with E-state index in [2.05, 4.69) is 5.32 Å². The van der Waals surface area contributed by atoms with E-state index in [0.717, 1.165) is 34.2 Å². The highest BCUT2D eigenvalue weighted by atomic mass is 32.2. The Labute approximate surface area is 158 Å². The molecule has 1 aliphatic rings. The normalized spacial score (nSPS) is 13.0. The lowest BCUT2D eigenvalue weighted by Crippen LogP contribution is -2.25. The van der Waals surface area contributed by atoms with Gasteiger partial charge in [-0.25, -0.2) is 12.7 Å². The Morgan fingerprint density at radius 3 is 2.48 bits per heavy atom. The fourth-order valence-corrected chi connectivity index (χ4v) is 3.58. The number of nitrogens with zero attached hydrogens (tertiary/aromatic N) is 1. The van der Waals surface area contributed by atoms with Crippen molar-refractivity contribution in [2.24, 2.45) is 0 Å². The molecule has 0 fully saturated rings. The zero-order chi connectivity index (χ0) is 19.4. The van der Waals surface area contributed by atoms with Crippen LogP contribution in [0.2, 0.25) is 0 Å². The number of ether oxygens (including phenoxy) is 2. The average molecular weight is 390 g/mol. The predicted octanol–water partition coefficient (Wildman–Crippen LogP) is 2.03. The first-order valence-corrected chi connectivity index (χ1v) is 10.0. The van der Waals surface area contributed by atoms with E-state index < -0.39 is 10.0 Å². The third kappa shape index (κ3) is 4.40. The van der Waals surface area contributed by atoms with Gasteiger partial charge in [-0.15, -0.1) is 0 Å². The molecule has 8 heteroatoms. The van der Waals surface area contributed by atoms with Crippen molar-refractivity contribution in [3.05, 3.63) is 53.6 Å². The molecule has 0 atom stereocenters. The molecule has 0 unspecified atom stereocenters. The van der Waals surface area contributed by atoms with E-state index in [4.69, 9.17) is 9.47 Å². The molecule has 144 valence electrons. The second-order valence-electron chi connectivity index (χ2n) is 6.36. The van der Waals surface area contributed by atoms with Crippen LogP contribution < -0.4 is 14.8 Å². The van der Waals surface area contributed by atoms with Gasteiger partial charge < -0.3 is 14.8 Å². The molecule has 2 aromatic carbocycles. The maximum absolute atomic E-state index is 12.2. The second-order valence-corrected chi connectivity index (χ2v) is 8.51. The van der Waals surface area contributed by atoms with Crippen molar-refractivity contribution in [3.8, 4) is 11.5 Å². The molecule has 0 bridgehead atoms. The summed E-state index contributed by atoms with van der Waals surface area (Å²) in [6.07, 6.45) is 1.58. The molecule has 0 saturated carbocycles. The van der Waals surface area contributed by atoms with Crippen LogP contribution in [0.5, 0.6) is 11.5 Å². The minimum Gasteiger partial charge on any atom is -0.454 e. The van der Waals surface area contributed by atoms with Crippen LogP contribution in [-0.2, 0) is 16.4 Å². The van der Waals surface area contributed by atoms with Gasteiger partial charge in [0.15, 0.2) is 11.5 Å². The number of hydrogen-bond acceptors (Lipinski definition) is 5. The van der Waals surface area contributed by atoms with E-state index in [1.807, 2.05) is 18.2 Å². The van der Waals surface area contributed by atoms with Gasteiger partial charge in [0.1, 0.15) is 0 Å². The van der Waals surface area contributed by atoms with Crippen molar-refractivity contribution in [2.45, 2.75) is 17.7 Å². The molecule has 0 aromatic heterocycles. The Bertz CT molecular complexity index is 924. The average Bonchev–Trinajstić information content (AvgIpc) is 3.13. The van der Waals surface area contributed by atoms with E-state index in [9.17, 15) is 13.2 Å². The molecule has 1 amide bonds. The SMILES string of the molecule is CN(C)S(=O)(=O)c1ccc(C(=O)NCCCc2ccc3c(c2)OCO3)cc1. The van der Waals surface area contributed by atoms with E-state index in [-0.39, 0.29) is 17.6 Å². The molecule has 0 spiro atoms. The lowest BCUT2D eigenvalue weighted by molar-refractivity contribution is 0.0953. The van der Waals surface area contributed by atoms with E-state index in [1.54, 1.807) is 0 Å². The summed E-state index contributed by atoms with van der Waals surface area (Å²) in [7, 11) is -0.556. The first-order chi connectivity index (χ1) is 12.9. The van der Waals surface area contributed by atoms with Gasteiger partial charge in [0, 0.05) is 26.2 Å². The van der Waals surface area contributed by atoms with Crippen molar-refractivity contribution in [1.82, 2.24) is 9.62 Å². The van der Waals surface area contributed by atoms with Crippen LogP contribution in [0.4, 0.5) is 0 Å². The van der Waals surface area contributed by atoms with Crippen LogP contribution in [-0.4, -0.2) is 46.1 Å². The van der Waals surface area contributed by atoms with E-state index in [1.165, 1.54) is 38.4 Å². The van der Waals surface area contributed by atoms with Crippen molar-refractivity contribution >= 4 is 15.9 Å². The Hall–Kier alpha value is -2.58. The first-order valence-electron chi connectivity index (χ1n) is 8.57. The number of sulfonamides is 1. The van der Waals surface area contributed by atoms with Gasteiger partial charge in [0.05, 0.1) is 4.90 Å². The number of rotatable bonds is 7. The maximum Gasteiger partial charge on any atom is 0.251 e. The van der Waals surface area contributed by atoms with E-state index >= 15 is 0 Å². The van der Waals surface area contributed by atoms with Gasteiger partial charge >= 0.3 is 0 Å². The fourth-order valence-electron chi connectivity index (χ4n) is 2.68. The summed E-state index contributed by atoms with van der Waals surface area (Å²) < 4.78 is 35.8. The first kappa shape index (κ1) is 19.2. The predicted molar refractivity (Wildman–Crippen MR) is 101 cm³/mol. The molecule has 27 heavy (non-hydrogen) atoms. The third-order valence-corrected chi connectivity index (χ3v) is 6.09. The number of hydrogen-bond donors (Lipinski definition) is 1. The van der Waals surface area contributed by atoms with Crippen LogP contribution in [0.3, 0.4) is 0 Å². The summed E-state index contributed by atoms with van der Waals surface area (Å²) in [5.74, 6) is 1.28. The second kappa shape index (κ2) is 7.98. The highest BCUT2D eigenvalue weighted by Crippen LogP contribution is 2.32. The fraction of sp³-hybridized carbons (Fsp3) is 0.316. The molecule has 1 N–H and O–H groups in total. The van der Waals surface area contributed by atoms with Gasteiger partial charge in [-0.05, 0) is 54.8 Å². The Balaban J connectivity index is 1.49. The number of carbonyl (C=O) groups is 1. The van der Waals surface area contributed by atoms with Crippen LogP contribution in [0.1, 0.15) is 22.3 Å². The summed E-state index contributed by atoms with van der Waals surface area (Å²) in [6.45, 7) is 0.772. The smallest absolute Gasteiger partial charge is 0.251 e. The number of benzene rings is 2. The quantitative estimate of drug-likeness (QED) is 0.731.